The van der Waals surface area contributed by atoms with Crippen molar-refractivity contribution >= 4 is 39.0 Å². The van der Waals surface area contributed by atoms with Gasteiger partial charge in [0, 0.05) is 27.7 Å². The molecule has 0 unspecified atom stereocenters. The van der Waals surface area contributed by atoms with E-state index < -0.39 is 5.41 Å². The molecule has 0 atom stereocenters. The first-order chi connectivity index (χ1) is 25.3. The van der Waals surface area contributed by atoms with Crippen molar-refractivity contribution in [1.82, 2.24) is 0 Å². The topological polar surface area (TPSA) is 16.4 Å². The second-order valence-electron chi connectivity index (χ2n) is 13.6. The molecule has 9 aromatic rings. The third-order valence-corrected chi connectivity index (χ3v) is 11.1. The highest BCUT2D eigenvalue weighted by molar-refractivity contribution is 6.07. The minimum Gasteiger partial charge on any atom is -0.456 e. The van der Waals surface area contributed by atoms with E-state index >= 15 is 0 Å². The number of fused-ring (bicyclic) bond motifs is 13. The van der Waals surface area contributed by atoms with Gasteiger partial charge in [-0.25, -0.2) is 0 Å². The average Bonchev–Trinajstić information content (AvgIpc) is 3.83. The lowest BCUT2D eigenvalue weighted by Gasteiger charge is -2.36. The lowest BCUT2D eigenvalue weighted by atomic mass is 9.70. The van der Waals surface area contributed by atoms with Crippen molar-refractivity contribution < 1.29 is 4.42 Å². The summed E-state index contributed by atoms with van der Waals surface area (Å²) in [6, 6.07) is 68.6. The van der Waals surface area contributed by atoms with E-state index in [9.17, 15) is 0 Å². The molecule has 0 fully saturated rings. The second-order valence-corrected chi connectivity index (χ2v) is 13.6. The first-order valence-corrected chi connectivity index (χ1v) is 17.6. The Morgan fingerprint density at radius 2 is 0.922 bits per heavy atom. The highest BCUT2D eigenvalue weighted by Crippen LogP contribution is 2.65. The lowest BCUT2D eigenvalue weighted by Crippen LogP contribution is -2.28. The van der Waals surface area contributed by atoms with Crippen LogP contribution < -0.4 is 4.90 Å². The Labute approximate surface area is 296 Å². The van der Waals surface area contributed by atoms with Gasteiger partial charge in [-0.3, -0.25) is 0 Å². The van der Waals surface area contributed by atoms with Crippen molar-refractivity contribution in [2.24, 2.45) is 0 Å². The van der Waals surface area contributed by atoms with Crippen LogP contribution >= 0.6 is 0 Å². The molecule has 0 bridgehead atoms. The van der Waals surface area contributed by atoms with E-state index in [0.29, 0.717) is 0 Å². The van der Waals surface area contributed by atoms with Crippen molar-refractivity contribution in [3.05, 3.63) is 210 Å². The van der Waals surface area contributed by atoms with Gasteiger partial charge in [-0.15, -0.1) is 0 Å². The minimum atomic E-state index is -0.489. The van der Waals surface area contributed by atoms with Gasteiger partial charge in [0.25, 0.3) is 0 Å². The second kappa shape index (κ2) is 10.7. The number of rotatable bonds is 4. The van der Waals surface area contributed by atoms with Gasteiger partial charge in [0.1, 0.15) is 11.2 Å². The number of hydrogen-bond acceptors (Lipinski definition) is 2. The molecule has 1 heterocycles. The molecule has 2 aliphatic carbocycles. The van der Waals surface area contributed by atoms with Gasteiger partial charge in [-0.05, 0) is 92.5 Å². The smallest absolute Gasteiger partial charge is 0.135 e. The maximum absolute atomic E-state index is 6.33. The van der Waals surface area contributed by atoms with Gasteiger partial charge < -0.3 is 9.32 Å². The van der Waals surface area contributed by atoms with E-state index in [0.717, 1.165) is 39.0 Å². The maximum atomic E-state index is 6.33. The minimum absolute atomic E-state index is 0.489. The Morgan fingerprint density at radius 3 is 1.67 bits per heavy atom. The molecule has 8 aromatic carbocycles. The predicted molar refractivity (Wildman–Crippen MR) is 210 cm³/mol. The van der Waals surface area contributed by atoms with Crippen LogP contribution in [0.25, 0.3) is 55.3 Å². The summed E-state index contributed by atoms with van der Waals surface area (Å²) in [4.78, 5) is 2.48. The van der Waals surface area contributed by atoms with Crippen molar-refractivity contribution in [3.63, 3.8) is 0 Å². The summed E-state index contributed by atoms with van der Waals surface area (Å²) >= 11 is 0. The molecule has 2 heteroatoms. The highest BCUT2D eigenvalue weighted by Gasteiger charge is 2.53. The zero-order valence-electron chi connectivity index (χ0n) is 27.8. The Morgan fingerprint density at radius 1 is 0.373 bits per heavy atom. The number of para-hydroxylation sites is 1. The summed E-state index contributed by atoms with van der Waals surface area (Å²) < 4.78 is 6.33. The molecule has 1 aromatic heterocycles. The van der Waals surface area contributed by atoms with Crippen molar-refractivity contribution in [2.75, 3.05) is 4.90 Å². The normalized spacial score (nSPS) is 13.3. The molecule has 0 amide bonds. The van der Waals surface area contributed by atoms with Crippen molar-refractivity contribution in [3.8, 4) is 33.4 Å². The molecule has 1 spiro atoms. The lowest BCUT2D eigenvalue weighted by molar-refractivity contribution is 0.669. The Bertz CT molecular complexity index is 2760. The number of anilines is 3. The fourth-order valence-electron chi connectivity index (χ4n) is 9.05. The molecular formula is C49H31NO. The average molecular weight is 650 g/mol. The number of nitrogens with zero attached hydrogens (tertiary/aromatic N) is 1. The quantitative estimate of drug-likeness (QED) is 0.189. The monoisotopic (exact) mass is 649 g/mol. The predicted octanol–water partition coefficient (Wildman–Crippen LogP) is 13.1. The third kappa shape index (κ3) is 3.87. The van der Waals surface area contributed by atoms with Crippen LogP contribution in [-0.2, 0) is 5.41 Å². The van der Waals surface area contributed by atoms with Crippen LogP contribution in [0.2, 0.25) is 0 Å². The van der Waals surface area contributed by atoms with Crippen LogP contribution in [0.15, 0.2) is 192 Å². The number of benzene rings is 8. The molecule has 2 nitrogen and oxygen atoms in total. The Balaban J connectivity index is 1.25. The zero-order valence-corrected chi connectivity index (χ0v) is 27.8. The molecule has 51 heavy (non-hydrogen) atoms. The molecule has 2 aliphatic rings. The molecular weight excluding hydrogens is 619 g/mol. The van der Waals surface area contributed by atoms with Crippen molar-refractivity contribution in [2.45, 2.75) is 5.41 Å². The van der Waals surface area contributed by atoms with E-state index in [-0.39, 0.29) is 0 Å². The summed E-state index contributed by atoms with van der Waals surface area (Å²) in [6.07, 6.45) is 0. The SMILES string of the molecule is c1ccc(-c2cccc(N(c3ccc4oc5ccccc5c4c3)c3cccc4c3C3(c5ccccc5-c5ccccc53)c3ccccc3-4)c2)cc1. The summed E-state index contributed by atoms with van der Waals surface area (Å²) in [6.45, 7) is 0. The molecule has 0 aliphatic heterocycles. The highest BCUT2D eigenvalue weighted by atomic mass is 16.3. The van der Waals surface area contributed by atoms with E-state index in [4.69, 9.17) is 4.42 Å². The molecule has 238 valence electrons. The standard InChI is InChI=1S/C49H31NO/c1-2-14-32(15-3-1)33-16-12-17-34(30-33)50(35-28-29-47-41(31-35)39-21-7-11-27-46(39)51-47)45-26-13-22-40-38-20-6-10-25-44(38)49(48(40)45)42-23-8-4-18-36(42)37-19-5-9-24-43(37)49/h1-31H. The van der Waals surface area contributed by atoms with Crippen LogP contribution in [-0.4, -0.2) is 0 Å². The third-order valence-electron chi connectivity index (χ3n) is 11.1. The fourth-order valence-corrected chi connectivity index (χ4v) is 9.05. The van der Waals surface area contributed by atoms with Crippen LogP contribution in [0.3, 0.4) is 0 Å². The van der Waals surface area contributed by atoms with E-state index in [1.54, 1.807) is 0 Å². The van der Waals surface area contributed by atoms with Gasteiger partial charge in [0.05, 0.1) is 11.1 Å². The molecule has 0 saturated heterocycles. The molecule has 0 saturated carbocycles. The molecule has 0 N–H and O–H groups in total. The van der Waals surface area contributed by atoms with Crippen molar-refractivity contribution in [1.29, 1.82) is 0 Å². The number of hydrogen-bond donors (Lipinski definition) is 0. The zero-order chi connectivity index (χ0) is 33.5. The van der Waals surface area contributed by atoms with Gasteiger partial charge in [-0.2, -0.15) is 0 Å². The fraction of sp³-hybridized carbons (Fsp3) is 0.0204. The summed E-state index contributed by atoms with van der Waals surface area (Å²) in [5.74, 6) is 0. The largest absolute Gasteiger partial charge is 0.456 e. The van der Waals surface area contributed by atoms with E-state index in [2.05, 4.69) is 187 Å². The summed E-state index contributed by atoms with van der Waals surface area (Å²) in [7, 11) is 0. The first-order valence-electron chi connectivity index (χ1n) is 17.6. The Hall–Kier alpha value is -6.64. The van der Waals surface area contributed by atoms with E-state index in [1.807, 2.05) is 6.07 Å². The molecule has 11 rings (SSSR count). The van der Waals surface area contributed by atoms with Gasteiger partial charge in [-0.1, -0.05) is 146 Å². The van der Waals surface area contributed by atoms with Gasteiger partial charge >= 0.3 is 0 Å². The summed E-state index contributed by atoms with van der Waals surface area (Å²) in [5, 5.41) is 2.22. The van der Waals surface area contributed by atoms with Gasteiger partial charge in [0.2, 0.25) is 0 Å². The molecule has 0 radical (unpaired) electrons. The maximum Gasteiger partial charge on any atom is 0.135 e. The first kappa shape index (κ1) is 28.2. The van der Waals surface area contributed by atoms with Crippen LogP contribution in [0.1, 0.15) is 22.3 Å². The van der Waals surface area contributed by atoms with Gasteiger partial charge in [0.15, 0.2) is 0 Å². The van der Waals surface area contributed by atoms with Crippen LogP contribution in [0.5, 0.6) is 0 Å². The Kier molecular flexibility index (Phi) is 5.91. The summed E-state index contributed by atoms with van der Waals surface area (Å²) in [5.41, 5.74) is 17.5. The van der Waals surface area contributed by atoms with Crippen LogP contribution in [0.4, 0.5) is 17.1 Å². The van der Waals surface area contributed by atoms with E-state index in [1.165, 1.54) is 55.6 Å². The number of furan rings is 1. The van der Waals surface area contributed by atoms with Crippen LogP contribution in [0, 0.1) is 0 Å².